The van der Waals surface area contributed by atoms with Gasteiger partial charge in [0, 0.05) is 11.6 Å². The van der Waals surface area contributed by atoms with Gasteiger partial charge in [0.1, 0.15) is 0 Å². The number of hydrogen-bond acceptors (Lipinski definition) is 1. The summed E-state index contributed by atoms with van der Waals surface area (Å²) in [5.74, 6) is 0.513. The molecular weight excluding hydrogens is 182 g/mol. The summed E-state index contributed by atoms with van der Waals surface area (Å²) in [6, 6.07) is 0. The van der Waals surface area contributed by atoms with Crippen molar-refractivity contribution >= 4 is 5.71 Å². The number of nitrogens with zero attached hydrogens (tertiary/aromatic N) is 1. The lowest BCUT2D eigenvalue weighted by Crippen LogP contribution is -2.29. The molecule has 1 atom stereocenters. The molecule has 0 N–H and O–H groups in total. The van der Waals surface area contributed by atoms with Crippen LogP contribution >= 0.6 is 0 Å². The molecule has 0 bridgehead atoms. The second-order valence-electron chi connectivity index (χ2n) is 4.93. The normalized spacial score (nSPS) is 16.7. The summed E-state index contributed by atoms with van der Waals surface area (Å²) in [6.45, 7) is 15.4. The molecule has 1 unspecified atom stereocenters. The Hall–Kier alpha value is -0.590. The zero-order chi connectivity index (χ0) is 12.1. The maximum absolute atomic E-state index is 4.81. The summed E-state index contributed by atoms with van der Waals surface area (Å²) in [6.07, 6.45) is 4.47. The number of rotatable bonds is 5. The lowest BCUT2D eigenvalue weighted by molar-refractivity contribution is 0.394. The van der Waals surface area contributed by atoms with Crippen LogP contribution in [0.15, 0.2) is 16.6 Å². The van der Waals surface area contributed by atoms with Crippen molar-refractivity contribution < 1.29 is 0 Å². The van der Waals surface area contributed by atoms with E-state index in [2.05, 4.69) is 54.5 Å². The van der Waals surface area contributed by atoms with Crippen LogP contribution < -0.4 is 0 Å². The lowest BCUT2D eigenvalue weighted by Gasteiger charge is -2.29. The number of aliphatic imine (C=N–C) groups is 1. The van der Waals surface area contributed by atoms with Crippen LogP contribution in [0.2, 0.25) is 0 Å². The fourth-order valence-electron chi connectivity index (χ4n) is 1.72. The summed E-state index contributed by atoms with van der Waals surface area (Å²) >= 11 is 0. The van der Waals surface area contributed by atoms with Gasteiger partial charge in [-0.3, -0.25) is 4.99 Å². The fraction of sp³-hybridized carbons (Fsp3) is 0.786. The van der Waals surface area contributed by atoms with Crippen molar-refractivity contribution in [3.63, 3.8) is 0 Å². The van der Waals surface area contributed by atoms with Crippen molar-refractivity contribution in [1.29, 1.82) is 0 Å². The largest absolute Gasteiger partial charge is 0.288 e. The molecule has 0 saturated heterocycles. The van der Waals surface area contributed by atoms with E-state index in [0.29, 0.717) is 5.92 Å². The summed E-state index contributed by atoms with van der Waals surface area (Å²) in [4.78, 5) is 4.81. The molecule has 0 aromatic carbocycles. The van der Waals surface area contributed by atoms with Gasteiger partial charge in [0.05, 0.1) is 5.54 Å². The quantitative estimate of drug-likeness (QED) is 0.462. The maximum Gasteiger partial charge on any atom is 0.0613 e. The average molecular weight is 209 g/mol. The standard InChI is InChI=1S/C14H27N/c1-8-10-11(3)13(5)14(6,7)15-12(4)9-2/h10,13H,8-9H2,1-7H3/b11-10+,15-12+. The van der Waals surface area contributed by atoms with Crippen LogP contribution in [0.4, 0.5) is 0 Å². The average Bonchev–Trinajstić information content (AvgIpc) is 2.16. The van der Waals surface area contributed by atoms with Crippen LogP contribution in [0, 0.1) is 5.92 Å². The van der Waals surface area contributed by atoms with E-state index in [9.17, 15) is 0 Å². The Balaban J connectivity index is 4.80. The first-order valence-corrected chi connectivity index (χ1v) is 6.07. The number of allylic oxidation sites excluding steroid dienone is 1. The zero-order valence-electron chi connectivity index (χ0n) is 11.5. The summed E-state index contributed by atoms with van der Waals surface area (Å²) < 4.78 is 0. The van der Waals surface area contributed by atoms with Gasteiger partial charge in [-0.15, -0.1) is 0 Å². The predicted octanol–water partition coefficient (Wildman–Crippen LogP) is 4.63. The molecule has 0 amide bonds. The zero-order valence-corrected chi connectivity index (χ0v) is 11.5. The van der Waals surface area contributed by atoms with Gasteiger partial charge < -0.3 is 0 Å². The van der Waals surface area contributed by atoms with Crippen LogP contribution in [-0.4, -0.2) is 11.3 Å². The molecule has 88 valence electrons. The van der Waals surface area contributed by atoms with Crippen molar-refractivity contribution in [3.8, 4) is 0 Å². The summed E-state index contributed by atoms with van der Waals surface area (Å²) in [5.41, 5.74) is 2.72. The minimum Gasteiger partial charge on any atom is -0.288 e. The smallest absolute Gasteiger partial charge is 0.0613 e. The minimum atomic E-state index is 0.0237. The Morgan fingerprint density at radius 2 is 1.80 bits per heavy atom. The van der Waals surface area contributed by atoms with E-state index < -0.39 is 0 Å². The minimum absolute atomic E-state index is 0.0237. The Bertz CT molecular complexity index is 246. The highest BCUT2D eigenvalue weighted by Gasteiger charge is 2.25. The SMILES string of the molecule is CC/C=C(\C)C(C)C(C)(C)/N=C(\C)CC. The second kappa shape index (κ2) is 6.09. The molecule has 0 aliphatic heterocycles. The topological polar surface area (TPSA) is 12.4 Å². The molecule has 0 heterocycles. The van der Waals surface area contributed by atoms with Crippen molar-refractivity contribution in [2.45, 2.75) is 66.8 Å². The van der Waals surface area contributed by atoms with Gasteiger partial charge in [-0.1, -0.05) is 32.4 Å². The van der Waals surface area contributed by atoms with E-state index in [1.165, 1.54) is 11.3 Å². The maximum atomic E-state index is 4.81. The molecule has 0 fully saturated rings. The molecule has 0 spiro atoms. The molecule has 15 heavy (non-hydrogen) atoms. The van der Waals surface area contributed by atoms with Gasteiger partial charge in [0.2, 0.25) is 0 Å². The molecule has 1 nitrogen and oxygen atoms in total. The van der Waals surface area contributed by atoms with Crippen LogP contribution in [0.5, 0.6) is 0 Å². The molecule has 0 aromatic rings. The third-order valence-corrected chi connectivity index (χ3v) is 3.26. The van der Waals surface area contributed by atoms with Gasteiger partial charge >= 0.3 is 0 Å². The third kappa shape index (κ3) is 4.63. The highest BCUT2D eigenvalue weighted by atomic mass is 14.9. The van der Waals surface area contributed by atoms with E-state index in [0.717, 1.165) is 12.8 Å². The van der Waals surface area contributed by atoms with Crippen LogP contribution in [-0.2, 0) is 0 Å². The van der Waals surface area contributed by atoms with Gasteiger partial charge in [0.25, 0.3) is 0 Å². The fourth-order valence-corrected chi connectivity index (χ4v) is 1.72. The van der Waals surface area contributed by atoms with Crippen molar-refractivity contribution in [2.24, 2.45) is 10.9 Å². The monoisotopic (exact) mass is 209 g/mol. The van der Waals surface area contributed by atoms with E-state index in [1.54, 1.807) is 0 Å². The molecule has 0 radical (unpaired) electrons. The molecule has 0 saturated carbocycles. The first-order valence-electron chi connectivity index (χ1n) is 6.07. The first-order chi connectivity index (χ1) is 6.85. The molecule has 1 heteroatoms. The van der Waals surface area contributed by atoms with E-state index >= 15 is 0 Å². The Morgan fingerprint density at radius 1 is 1.27 bits per heavy atom. The molecular formula is C14H27N. The van der Waals surface area contributed by atoms with Crippen molar-refractivity contribution in [1.82, 2.24) is 0 Å². The molecule has 0 aromatic heterocycles. The van der Waals surface area contributed by atoms with Gasteiger partial charge in [-0.05, 0) is 40.5 Å². The molecule has 0 aliphatic carbocycles. The van der Waals surface area contributed by atoms with Gasteiger partial charge in [-0.25, -0.2) is 0 Å². The highest BCUT2D eigenvalue weighted by molar-refractivity contribution is 5.82. The number of hydrogen-bond donors (Lipinski definition) is 0. The molecule has 0 aliphatic rings. The van der Waals surface area contributed by atoms with Gasteiger partial charge in [0.15, 0.2) is 0 Å². The van der Waals surface area contributed by atoms with E-state index in [1.807, 2.05) is 0 Å². The van der Waals surface area contributed by atoms with Crippen molar-refractivity contribution in [2.75, 3.05) is 0 Å². The van der Waals surface area contributed by atoms with Crippen LogP contribution in [0.25, 0.3) is 0 Å². The summed E-state index contributed by atoms with van der Waals surface area (Å²) in [5, 5.41) is 0. The van der Waals surface area contributed by atoms with E-state index in [-0.39, 0.29) is 5.54 Å². The Labute approximate surface area is 95.7 Å². The summed E-state index contributed by atoms with van der Waals surface area (Å²) in [7, 11) is 0. The molecule has 0 rings (SSSR count). The van der Waals surface area contributed by atoms with Crippen LogP contribution in [0.3, 0.4) is 0 Å². The second-order valence-corrected chi connectivity index (χ2v) is 4.93. The Kier molecular flexibility index (Phi) is 5.85. The first kappa shape index (κ1) is 14.4. The lowest BCUT2D eigenvalue weighted by atomic mass is 9.83. The Morgan fingerprint density at radius 3 is 2.20 bits per heavy atom. The van der Waals surface area contributed by atoms with Crippen molar-refractivity contribution in [3.05, 3.63) is 11.6 Å². The third-order valence-electron chi connectivity index (χ3n) is 3.26. The van der Waals surface area contributed by atoms with E-state index in [4.69, 9.17) is 4.99 Å². The van der Waals surface area contributed by atoms with Gasteiger partial charge in [-0.2, -0.15) is 0 Å². The predicted molar refractivity (Wildman–Crippen MR) is 70.7 cm³/mol. The van der Waals surface area contributed by atoms with Crippen LogP contribution in [0.1, 0.15) is 61.3 Å². The highest BCUT2D eigenvalue weighted by Crippen LogP contribution is 2.28.